The van der Waals surface area contributed by atoms with Crippen molar-refractivity contribution in [3.05, 3.63) is 27.7 Å². The third kappa shape index (κ3) is 1.90. The van der Waals surface area contributed by atoms with Crippen LogP contribution in [0.4, 0.5) is 0 Å². The quantitative estimate of drug-likeness (QED) is 0.872. The third-order valence-corrected chi connectivity index (χ3v) is 4.86. The molecule has 0 aliphatic heterocycles. The van der Waals surface area contributed by atoms with Crippen molar-refractivity contribution >= 4 is 37.5 Å². The predicted octanol–water partition coefficient (Wildman–Crippen LogP) is 3.65. The summed E-state index contributed by atoms with van der Waals surface area (Å²) in [7, 11) is 0. The van der Waals surface area contributed by atoms with E-state index in [1.54, 1.807) is 0 Å². The van der Waals surface area contributed by atoms with Crippen LogP contribution in [0.25, 0.3) is 10.2 Å². The molecule has 4 heteroatoms. The third-order valence-electron chi connectivity index (χ3n) is 3.19. The standard InChI is InChI=1S/C12H13BrN2S/c13-8-2-4-10-11(6-8)16-12(15-10)7-1-3-9(14)5-7/h2,4,6-7,9H,1,3,5,14H2/t7-,9+/m1/s1. The van der Waals surface area contributed by atoms with Crippen LogP contribution in [0, 0.1) is 0 Å². The first-order valence-electron chi connectivity index (χ1n) is 5.54. The monoisotopic (exact) mass is 296 g/mol. The summed E-state index contributed by atoms with van der Waals surface area (Å²) in [5, 5.41) is 1.26. The number of hydrogen-bond acceptors (Lipinski definition) is 3. The Labute approximate surface area is 107 Å². The SMILES string of the molecule is N[C@H]1CC[C@@H](c2nc3ccc(Br)cc3s2)C1. The Morgan fingerprint density at radius 1 is 1.38 bits per heavy atom. The van der Waals surface area contributed by atoms with E-state index in [1.165, 1.54) is 16.1 Å². The van der Waals surface area contributed by atoms with Crippen LogP contribution in [0.15, 0.2) is 22.7 Å². The summed E-state index contributed by atoms with van der Waals surface area (Å²) in [4.78, 5) is 4.71. The Hall–Kier alpha value is -0.450. The van der Waals surface area contributed by atoms with Gasteiger partial charge in [-0.3, -0.25) is 0 Å². The number of hydrogen-bond donors (Lipinski definition) is 1. The Balaban J connectivity index is 1.99. The lowest BCUT2D eigenvalue weighted by Gasteiger charge is -2.03. The molecule has 1 heterocycles. The summed E-state index contributed by atoms with van der Waals surface area (Å²) in [6.07, 6.45) is 3.44. The average Bonchev–Trinajstić information content (AvgIpc) is 2.83. The highest BCUT2D eigenvalue weighted by Crippen LogP contribution is 2.38. The van der Waals surface area contributed by atoms with Crippen molar-refractivity contribution in [3.63, 3.8) is 0 Å². The second kappa shape index (κ2) is 4.09. The molecule has 1 aromatic heterocycles. The molecule has 1 saturated carbocycles. The maximum absolute atomic E-state index is 5.95. The molecule has 2 aromatic rings. The Morgan fingerprint density at radius 2 is 2.25 bits per heavy atom. The van der Waals surface area contributed by atoms with E-state index in [0.29, 0.717) is 12.0 Å². The van der Waals surface area contributed by atoms with Crippen LogP contribution in [-0.2, 0) is 0 Å². The first kappa shape index (κ1) is 10.7. The van der Waals surface area contributed by atoms with Gasteiger partial charge in [-0.25, -0.2) is 4.98 Å². The van der Waals surface area contributed by atoms with Crippen LogP contribution in [-0.4, -0.2) is 11.0 Å². The number of nitrogens with zero attached hydrogens (tertiary/aromatic N) is 1. The normalized spacial score (nSPS) is 25.4. The van der Waals surface area contributed by atoms with E-state index in [-0.39, 0.29) is 0 Å². The Bertz CT molecular complexity index is 523. The van der Waals surface area contributed by atoms with Gasteiger partial charge in [-0.1, -0.05) is 15.9 Å². The van der Waals surface area contributed by atoms with Crippen molar-refractivity contribution in [2.75, 3.05) is 0 Å². The number of halogens is 1. The molecule has 16 heavy (non-hydrogen) atoms. The molecule has 0 unspecified atom stereocenters. The van der Waals surface area contributed by atoms with Crippen LogP contribution in [0.1, 0.15) is 30.2 Å². The van der Waals surface area contributed by atoms with Crippen LogP contribution >= 0.6 is 27.3 Å². The van der Waals surface area contributed by atoms with Crippen LogP contribution < -0.4 is 5.73 Å². The van der Waals surface area contributed by atoms with E-state index in [0.717, 1.165) is 22.8 Å². The largest absolute Gasteiger partial charge is 0.328 e. The molecule has 0 bridgehead atoms. The lowest BCUT2D eigenvalue weighted by molar-refractivity contribution is 0.673. The number of nitrogens with two attached hydrogens (primary N) is 1. The number of fused-ring (bicyclic) bond motifs is 1. The number of rotatable bonds is 1. The van der Waals surface area contributed by atoms with E-state index in [2.05, 4.69) is 28.1 Å². The van der Waals surface area contributed by atoms with Gasteiger partial charge in [0.1, 0.15) is 0 Å². The van der Waals surface area contributed by atoms with Gasteiger partial charge in [0.25, 0.3) is 0 Å². The van der Waals surface area contributed by atoms with Crippen LogP contribution in [0.5, 0.6) is 0 Å². The maximum Gasteiger partial charge on any atom is 0.0970 e. The summed E-state index contributed by atoms with van der Waals surface area (Å²) >= 11 is 5.31. The maximum atomic E-state index is 5.95. The van der Waals surface area contributed by atoms with E-state index in [1.807, 2.05) is 17.4 Å². The zero-order chi connectivity index (χ0) is 11.1. The highest BCUT2D eigenvalue weighted by atomic mass is 79.9. The molecule has 0 saturated heterocycles. The molecule has 0 radical (unpaired) electrons. The molecule has 2 atom stereocenters. The lowest BCUT2D eigenvalue weighted by Crippen LogP contribution is -2.14. The molecule has 0 spiro atoms. The molecule has 0 amide bonds. The summed E-state index contributed by atoms with van der Waals surface area (Å²) in [6, 6.07) is 6.65. The molecule has 84 valence electrons. The van der Waals surface area contributed by atoms with Gasteiger partial charge in [-0.2, -0.15) is 0 Å². The summed E-state index contributed by atoms with van der Waals surface area (Å²) in [6.45, 7) is 0. The van der Waals surface area contributed by atoms with E-state index in [4.69, 9.17) is 10.7 Å². The minimum absolute atomic E-state index is 0.378. The zero-order valence-corrected chi connectivity index (χ0v) is 11.2. The minimum Gasteiger partial charge on any atom is -0.328 e. The topological polar surface area (TPSA) is 38.9 Å². The van der Waals surface area contributed by atoms with E-state index < -0.39 is 0 Å². The summed E-state index contributed by atoms with van der Waals surface area (Å²) in [5.41, 5.74) is 7.06. The first-order valence-corrected chi connectivity index (χ1v) is 7.15. The number of thiazole rings is 1. The van der Waals surface area contributed by atoms with Crippen LogP contribution in [0.2, 0.25) is 0 Å². The van der Waals surface area contributed by atoms with Crippen molar-refractivity contribution in [1.29, 1.82) is 0 Å². The zero-order valence-electron chi connectivity index (χ0n) is 8.82. The molecule has 3 rings (SSSR count). The highest BCUT2D eigenvalue weighted by Gasteiger charge is 2.25. The molecule has 2 N–H and O–H groups in total. The smallest absolute Gasteiger partial charge is 0.0970 e. The molecule has 2 nitrogen and oxygen atoms in total. The molecular formula is C12H13BrN2S. The number of benzene rings is 1. The van der Waals surface area contributed by atoms with E-state index >= 15 is 0 Å². The second-order valence-electron chi connectivity index (χ2n) is 4.43. The first-order chi connectivity index (χ1) is 7.72. The predicted molar refractivity (Wildman–Crippen MR) is 71.9 cm³/mol. The van der Waals surface area contributed by atoms with Gasteiger partial charge in [0, 0.05) is 16.4 Å². The fraction of sp³-hybridized carbons (Fsp3) is 0.417. The lowest BCUT2D eigenvalue weighted by atomic mass is 10.1. The van der Waals surface area contributed by atoms with Crippen molar-refractivity contribution < 1.29 is 0 Å². The van der Waals surface area contributed by atoms with Gasteiger partial charge in [0.2, 0.25) is 0 Å². The van der Waals surface area contributed by atoms with Crippen molar-refractivity contribution in [2.24, 2.45) is 5.73 Å². The van der Waals surface area contributed by atoms with Gasteiger partial charge in [-0.15, -0.1) is 11.3 Å². The van der Waals surface area contributed by atoms with Gasteiger partial charge < -0.3 is 5.73 Å². The van der Waals surface area contributed by atoms with Crippen molar-refractivity contribution in [2.45, 2.75) is 31.2 Å². The summed E-state index contributed by atoms with van der Waals surface area (Å²) in [5.74, 6) is 0.589. The van der Waals surface area contributed by atoms with Gasteiger partial charge >= 0.3 is 0 Å². The fourth-order valence-corrected chi connectivity index (χ4v) is 4.00. The molecule has 1 aromatic carbocycles. The Kier molecular flexibility index (Phi) is 2.73. The van der Waals surface area contributed by atoms with Gasteiger partial charge in [0.15, 0.2) is 0 Å². The average molecular weight is 297 g/mol. The van der Waals surface area contributed by atoms with Crippen molar-refractivity contribution in [3.8, 4) is 0 Å². The van der Waals surface area contributed by atoms with Gasteiger partial charge in [-0.05, 0) is 37.5 Å². The molecule has 1 aliphatic carbocycles. The van der Waals surface area contributed by atoms with E-state index in [9.17, 15) is 0 Å². The van der Waals surface area contributed by atoms with Crippen molar-refractivity contribution in [1.82, 2.24) is 4.98 Å². The van der Waals surface area contributed by atoms with Gasteiger partial charge in [0.05, 0.1) is 15.2 Å². The molecular weight excluding hydrogens is 284 g/mol. The summed E-state index contributed by atoms with van der Waals surface area (Å²) < 4.78 is 2.39. The minimum atomic E-state index is 0.378. The second-order valence-corrected chi connectivity index (χ2v) is 6.41. The number of aromatic nitrogens is 1. The highest BCUT2D eigenvalue weighted by molar-refractivity contribution is 9.10. The molecule has 1 fully saturated rings. The Morgan fingerprint density at radius 3 is 3.00 bits per heavy atom. The molecule has 1 aliphatic rings. The fourth-order valence-electron chi connectivity index (χ4n) is 2.33. The van der Waals surface area contributed by atoms with Crippen LogP contribution in [0.3, 0.4) is 0 Å².